The van der Waals surface area contributed by atoms with Crippen LogP contribution in [0.15, 0.2) is 67.0 Å². The number of benzene rings is 2. The van der Waals surface area contributed by atoms with Crippen LogP contribution < -0.4 is 20.1 Å². The van der Waals surface area contributed by atoms with E-state index in [0.717, 1.165) is 16.6 Å². The summed E-state index contributed by atoms with van der Waals surface area (Å²) < 4.78 is 18.2. The lowest BCUT2D eigenvalue weighted by Crippen LogP contribution is -2.41. The van der Waals surface area contributed by atoms with Gasteiger partial charge in [0.15, 0.2) is 8.32 Å². The van der Waals surface area contributed by atoms with Crippen molar-refractivity contribution in [2.24, 2.45) is 0 Å². The fourth-order valence-corrected chi connectivity index (χ4v) is 4.51. The largest absolute Gasteiger partial charge is 0.489 e. The lowest BCUT2D eigenvalue weighted by atomic mass is 10.2. The van der Waals surface area contributed by atoms with Crippen LogP contribution >= 0.6 is 0 Å². The van der Waals surface area contributed by atoms with E-state index in [1.54, 1.807) is 25.4 Å². The molecule has 39 heavy (non-hydrogen) atoms. The Morgan fingerprint density at radius 1 is 0.974 bits per heavy atom. The molecule has 0 radical (unpaired) electrons. The third-order valence-corrected chi connectivity index (χ3v) is 11.3. The zero-order valence-electron chi connectivity index (χ0n) is 23.2. The van der Waals surface area contributed by atoms with Gasteiger partial charge in [-0.3, -0.25) is 9.78 Å². The molecule has 0 saturated carbocycles. The standard InChI is InChI=1S/C29H35N5O4Si/c1-29(2,3)39(5,6)37-16-15-36-26-10-8-7-9-24(26)34-28-32-19-20-17-21(11-12-23(20)33-28)38-22-13-14-31-25(18-22)27(35)30-4/h7-14,17-19H,15-16H2,1-6H3,(H,30,35)(H,32,33,34). The Bertz CT molecular complexity index is 1460. The summed E-state index contributed by atoms with van der Waals surface area (Å²) in [6.07, 6.45) is 3.27. The number of anilines is 2. The summed E-state index contributed by atoms with van der Waals surface area (Å²) in [6.45, 7) is 12.1. The van der Waals surface area contributed by atoms with Crippen LogP contribution in [-0.4, -0.2) is 49.4 Å². The summed E-state index contributed by atoms with van der Waals surface area (Å²) in [6, 6.07) is 16.5. The minimum absolute atomic E-state index is 0.155. The van der Waals surface area contributed by atoms with Gasteiger partial charge >= 0.3 is 0 Å². The van der Waals surface area contributed by atoms with Crippen molar-refractivity contribution in [3.05, 3.63) is 72.7 Å². The van der Waals surface area contributed by atoms with E-state index >= 15 is 0 Å². The Morgan fingerprint density at radius 3 is 2.51 bits per heavy atom. The third kappa shape index (κ3) is 7.09. The van der Waals surface area contributed by atoms with Crippen molar-refractivity contribution in [2.75, 3.05) is 25.6 Å². The number of hydrogen-bond donors (Lipinski definition) is 2. The molecule has 0 saturated heterocycles. The number of para-hydroxylation sites is 2. The summed E-state index contributed by atoms with van der Waals surface area (Å²) >= 11 is 0. The SMILES string of the molecule is CNC(=O)c1cc(Oc2ccc3nc(Nc4ccccc4OCCO[Si](C)(C)C(C)(C)C)ncc3c2)ccn1. The molecule has 0 unspecified atom stereocenters. The molecule has 0 spiro atoms. The fraction of sp³-hybridized carbons (Fsp3) is 0.310. The lowest BCUT2D eigenvalue weighted by molar-refractivity contribution is 0.0958. The van der Waals surface area contributed by atoms with Crippen LogP contribution in [0.25, 0.3) is 10.9 Å². The lowest BCUT2D eigenvalue weighted by Gasteiger charge is -2.36. The van der Waals surface area contributed by atoms with E-state index in [2.05, 4.69) is 59.5 Å². The molecule has 2 aromatic heterocycles. The van der Waals surface area contributed by atoms with Crippen LogP contribution in [0.5, 0.6) is 17.2 Å². The maximum Gasteiger partial charge on any atom is 0.269 e. The van der Waals surface area contributed by atoms with Gasteiger partial charge in [-0.05, 0) is 54.5 Å². The van der Waals surface area contributed by atoms with Crippen LogP contribution in [0.3, 0.4) is 0 Å². The molecule has 0 aliphatic carbocycles. The van der Waals surface area contributed by atoms with Gasteiger partial charge in [-0.1, -0.05) is 32.9 Å². The number of aromatic nitrogens is 3. The second-order valence-electron chi connectivity index (χ2n) is 10.6. The molecule has 1 amide bonds. The second kappa shape index (κ2) is 11.8. The summed E-state index contributed by atoms with van der Waals surface area (Å²) in [5.41, 5.74) is 1.80. The molecule has 0 aliphatic heterocycles. The Kier molecular flexibility index (Phi) is 8.47. The van der Waals surface area contributed by atoms with E-state index in [-0.39, 0.29) is 16.6 Å². The summed E-state index contributed by atoms with van der Waals surface area (Å²) in [4.78, 5) is 25.0. The molecular weight excluding hydrogens is 510 g/mol. The Hall–Kier alpha value is -4.02. The van der Waals surface area contributed by atoms with Gasteiger partial charge in [0.2, 0.25) is 5.95 Å². The number of rotatable bonds is 10. The molecule has 10 heteroatoms. The maximum absolute atomic E-state index is 11.8. The van der Waals surface area contributed by atoms with E-state index in [9.17, 15) is 4.79 Å². The Morgan fingerprint density at radius 2 is 1.74 bits per heavy atom. The van der Waals surface area contributed by atoms with Gasteiger partial charge in [0.1, 0.15) is 29.5 Å². The van der Waals surface area contributed by atoms with Crippen molar-refractivity contribution in [3.8, 4) is 17.2 Å². The van der Waals surface area contributed by atoms with Crippen molar-refractivity contribution in [1.82, 2.24) is 20.3 Å². The quantitative estimate of drug-likeness (QED) is 0.176. The molecular formula is C29H35N5O4Si. The van der Waals surface area contributed by atoms with Crippen LogP contribution in [0.4, 0.5) is 11.6 Å². The number of hydrogen-bond acceptors (Lipinski definition) is 8. The normalized spacial score (nSPS) is 11.7. The Labute approximate surface area is 230 Å². The van der Waals surface area contributed by atoms with Gasteiger partial charge in [-0.15, -0.1) is 0 Å². The molecule has 9 nitrogen and oxygen atoms in total. The zero-order chi connectivity index (χ0) is 28.0. The second-order valence-corrected chi connectivity index (χ2v) is 15.4. The van der Waals surface area contributed by atoms with E-state index in [1.165, 1.54) is 6.20 Å². The predicted molar refractivity (Wildman–Crippen MR) is 156 cm³/mol. The first-order valence-corrected chi connectivity index (χ1v) is 15.7. The topological polar surface area (TPSA) is 107 Å². The van der Waals surface area contributed by atoms with E-state index < -0.39 is 8.32 Å². The first-order chi connectivity index (χ1) is 18.6. The average molecular weight is 546 g/mol. The number of fused-ring (bicyclic) bond motifs is 1. The molecule has 0 atom stereocenters. The van der Waals surface area contributed by atoms with Crippen LogP contribution in [0.1, 0.15) is 31.3 Å². The maximum atomic E-state index is 11.8. The first kappa shape index (κ1) is 28.0. The van der Waals surface area contributed by atoms with Crippen molar-refractivity contribution in [2.45, 2.75) is 38.9 Å². The minimum Gasteiger partial charge on any atom is -0.489 e. The summed E-state index contributed by atoms with van der Waals surface area (Å²) in [5, 5.41) is 6.79. The molecule has 2 N–H and O–H groups in total. The van der Waals surface area contributed by atoms with Crippen molar-refractivity contribution < 1.29 is 18.7 Å². The number of carbonyl (C=O) groups is 1. The average Bonchev–Trinajstić information content (AvgIpc) is 2.91. The highest BCUT2D eigenvalue weighted by molar-refractivity contribution is 6.74. The van der Waals surface area contributed by atoms with Gasteiger partial charge in [0, 0.05) is 30.9 Å². The molecule has 4 rings (SSSR count). The van der Waals surface area contributed by atoms with Crippen LogP contribution in [-0.2, 0) is 4.43 Å². The number of ether oxygens (including phenoxy) is 2. The minimum atomic E-state index is -1.82. The zero-order valence-corrected chi connectivity index (χ0v) is 24.2. The molecule has 0 aliphatic rings. The molecule has 0 fully saturated rings. The Balaban J connectivity index is 1.42. The van der Waals surface area contributed by atoms with Gasteiger partial charge in [0.05, 0.1) is 17.8 Å². The van der Waals surface area contributed by atoms with E-state index in [1.807, 2.05) is 42.5 Å². The number of pyridine rings is 1. The molecule has 4 aromatic rings. The predicted octanol–water partition coefficient (Wildman–Crippen LogP) is 6.32. The fourth-order valence-electron chi connectivity index (χ4n) is 3.48. The van der Waals surface area contributed by atoms with Gasteiger partial charge in [-0.25, -0.2) is 9.97 Å². The van der Waals surface area contributed by atoms with Crippen molar-refractivity contribution in [3.63, 3.8) is 0 Å². The molecule has 2 aromatic carbocycles. The number of nitrogens with one attached hydrogen (secondary N) is 2. The molecule has 2 heterocycles. The summed E-state index contributed by atoms with van der Waals surface area (Å²) in [7, 11) is -0.265. The van der Waals surface area contributed by atoms with Gasteiger partial charge < -0.3 is 24.5 Å². The van der Waals surface area contributed by atoms with Gasteiger partial charge in [0.25, 0.3) is 5.91 Å². The van der Waals surface area contributed by atoms with E-state index in [4.69, 9.17) is 13.9 Å². The monoisotopic (exact) mass is 545 g/mol. The van der Waals surface area contributed by atoms with Crippen molar-refractivity contribution >= 4 is 36.8 Å². The smallest absolute Gasteiger partial charge is 0.269 e. The molecule has 0 bridgehead atoms. The highest BCUT2D eigenvalue weighted by Gasteiger charge is 2.36. The number of carbonyl (C=O) groups excluding carboxylic acids is 1. The van der Waals surface area contributed by atoms with E-state index in [0.29, 0.717) is 36.4 Å². The van der Waals surface area contributed by atoms with Crippen molar-refractivity contribution in [1.29, 1.82) is 0 Å². The number of nitrogens with zero attached hydrogens (tertiary/aromatic N) is 3. The highest BCUT2D eigenvalue weighted by Crippen LogP contribution is 2.36. The van der Waals surface area contributed by atoms with Gasteiger partial charge in [-0.2, -0.15) is 0 Å². The highest BCUT2D eigenvalue weighted by atomic mass is 28.4. The third-order valence-electron chi connectivity index (χ3n) is 6.72. The summed E-state index contributed by atoms with van der Waals surface area (Å²) in [5.74, 6) is 1.98. The molecule has 204 valence electrons. The first-order valence-electron chi connectivity index (χ1n) is 12.8. The number of amides is 1. The van der Waals surface area contributed by atoms with Crippen LogP contribution in [0, 0.1) is 0 Å². The van der Waals surface area contributed by atoms with Crippen LogP contribution in [0.2, 0.25) is 18.1 Å².